The Morgan fingerprint density at radius 3 is 2.35 bits per heavy atom. The normalized spacial score (nSPS) is 11.0. The van der Waals surface area contributed by atoms with Gasteiger partial charge in [-0.2, -0.15) is 0 Å². The number of carbonyl (C=O) groups is 1. The van der Waals surface area contributed by atoms with Crippen LogP contribution in [0.2, 0.25) is 0 Å². The summed E-state index contributed by atoms with van der Waals surface area (Å²) in [6.07, 6.45) is 2.29. The maximum Gasteiger partial charge on any atom is 0.322 e. The minimum atomic E-state index is -0.620. The van der Waals surface area contributed by atoms with Crippen molar-refractivity contribution in [2.45, 2.75) is 26.3 Å². The number of hydrogen-bond acceptors (Lipinski definition) is 4. The molecular formula is C17H22Cl2N2O2. The standard InChI is InChI=1S/C17H20N2O2.2ClH/c1-11-12(2)19-9-8-15(11)14-6-4-13(5-7-14)10-16(18)17(20)21-3;;/h4-9,16H,10,18H2,1-3H3;2*1H/t16-;;/m0../s1. The number of hydrogen-bond donors (Lipinski definition) is 1. The Morgan fingerprint density at radius 1 is 1.17 bits per heavy atom. The van der Waals surface area contributed by atoms with Gasteiger partial charge in [0.25, 0.3) is 0 Å². The van der Waals surface area contributed by atoms with E-state index in [1.165, 1.54) is 18.2 Å². The number of esters is 1. The van der Waals surface area contributed by atoms with E-state index in [-0.39, 0.29) is 30.8 Å². The van der Waals surface area contributed by atoms with Gasteiger partial charge in [-0.1, -0.05) is 24.3 Å². The number of halogens is 2. The van der Waals surface area contributed by atoms with E-state index in [4.69, 9.17) is 5.73 Å². The van der Waals surface area contributed by atoms with Crippen molar-refractivity contribution in [3.63, 3.8) is 0 Å². The summed E-state index contributed by atoms with van der Waals surface area (Å²) in [4.78, 5) is 15.6. The summed E-state index contributed by atoms with van der Waals surface area (Å²) in [5.41, 5.74) is 11.3. The van der Waals surface area contributed by atoms with Crippen LogP contribution in [-0.2, 0) is 16.0 Å². The van der Waals surface area contributed by atoms with Gasteiger partial charge in [0.15, 0.2) is 0 Å². The largest absolute Gasteiger partial charge is 0.468 e. The van der Waals surface area contributed by atoms with Gasteiger partial charge in [-0.05, 0) is 48.6 Å². The molecule has 4 nitrogen and oxygen atoms in total. The third-order valence-electron chi connectivity index (χ3n) is 3.68. The Balaban J connectivity index is 0.00000242. The van der Waals surface area contributed by atoms with Crippen molar-refractivity contribution in [1.29, 1.82) is 0 Å². The lowest BCUT2D eigenvalue weighted by molar-refractivity contribution is -0.142. The maximum atomic E-state index is 11.3. The first-order chi connectivity index (χ1) is 10.0. The van der Waals surface area contributed by atoms with Crippen LogP contribution in [0, 0.1) is 13.8 Å². The summed E-state index contributed by atoms with van der Waals surface area (Å²) >= 11 is 0. The highest BCUT2D eigenvalue weighted by atomic mass is 35.5. The summed E-state index contributed by atoms with van der Waals surface area (Å²) in [6, 6.07) is 9.46. The number of rotatable bonds is 4. The molecule has 126 valence electrons. The Bertz CT molecular complexity index is 646. The van der Waals surface area contributed by atoms with Crippen LogP contribution in [0.1, 0.15) is 16.8 Å². The Kier molecular flexibility index (Phi) is 8.83. The number of nitrogens with two attached hydrogens (primary N) is 1. The molecule has 2 rings (SSSR count). The zero-order valence-corrected chi connectivity index (χ0v) is 15.0. The van der Waals surface area contributed by atoms with Crippen molar-refractivity contribution in [3.05, 3.63) is 53.3 Å². The molecule has 0 aliphatic rings. The van der Waals surface area contributed by atoms with Crippen molar-refractivity contribution >= 4 is 30.8 Å². The van der Waals surface area contributed by atoms with Crippen LogP contribution in [0.15, 0.2) is 36.5 Å². The maximum absolute atomic E-state index is 11.3. The number of methoxy groups -OCH3 is 1. The molecule has 0 unspecified atom stereocenters. The molecule has 1 heterocycles. The van der Waals surface area contributed by atoms with Gasteiger partial charge in [-0.3, -0.25) is 9.78 Å². The molecule has 0 saturated carbocycles. The molecule has 0 spiro atoms. The van der Waals surface area contributed by atoms with E-state index in [0.29, 0.717) is 6.42 Å². The van der Waals surface area contributed by atoms with E-state index in [2.05, 4.69) is 16.6 Å². The molecule has 1 aromatic carbocycles. The third-order valence-corrected chi connectivity index (χ3v) is 3.68. The van der Waals surface area contributed by atoms with Gasteiger partial charge in [0.05, 0.1) is 7.11 Å². The molecule has 1 atom stereocenters. The van der Waals surface area contributed by atoms with Crippen molar-refractivity contribution in [3.8, 4) is 11.1 Å². The van der Waals surface area contributed by atoms with Crippen LogP contribution >= 0.6 is 24.8 Å². The third kappa shape index (κ3) is 5.20. The molecule has 0 amide bonds. The zero-order valence-electron chi connectivity index (χ0n) is 13.4. The minimum Gasteiger partial charge on any atom is -0.468 e. The van der Waals surface area contributed by atoms with Gasteiger partial charge in [0, 0.05) is 11.9 Å². The van der Waals surface area contributed by atoms with Gasteiger partial charge in [-0.15, -0.1) is 24.8 Å². The smallest absolute Gasteiger partial charge is 0.322 e. The van der Waals surface area contributed by atoms with Crippen molar-refractivity contribution < 1.29 is 9.53 Å². The highest BCUT2D eigenvalue weighted by molar-refractivity contribution is 5.85. The Hall–Kier alpha value is -1.62. The molecular weight excluding hydrogens is 335 g/mol. The highest BCUT2D eigenvalue weighted by Crippen LogP contribution is 2.24. The lowest BCUT2D eigenvalue weighted by atomic mass is 9.98. The van der Waals surface area contributed by atoms with E-state index in [1.807, 2.05) is 43.5 Å². The number of benzene rings is 1. The minimum absolute atomic E-state index is 0. The molecule has 0 fully saturated rings. The molecule has 2 N–H and O–H groups in total. The fourth-order valence-electron chi connectivity index (χ4n) is 2.26. The van der Waals surface area contributed by atoms with Crippen LogP contribution < -0.4 is 5.73 Å². The van der Waals surface area contributed by atoms with Gasteiger partial charge in [0.2, 0.25) is 0 Å². The van der Waals surface area contributed by atoms with Crippen LogP contribution in [0.5, 0.6) is 0 Å². The van der Waals surface area contributed by atoms with Gasteiger partial charge in [0.1, 0.15) is 6.04 Å². The predicted molar refractivity (Wildman–Crippen MR) is 97.3 cm³/mol. The molecule has 0 radical (unpaired) electrons. The molecule has 6 heteroatoms. The van der Waals surface area contributed by atoms with E-state index in [9.17, 15) is 4.79 Å². The summed E-state index contributed by atoms with van der Waals surface area (Å²) in [6.45, 7) is 4.07. The molecule has 23 heavy (non-hydrogen) atoms. The lowest BCUT2D eigenvalue weighted by Crippen LogP contribution is -2.33. The van der Waals surface area contributed by atoms with E-state index in [1.54, 1.807) is 0 Å². The first-order valence-corrected chi connectivity index (χ1v) is 6.88. The number of aryl methyl sites for hydroxylation is 1. The van der Waals surface area contributed by atoms with E-state index >= 15 is 0 Å². The first-order valence-electron chi connectivity index (χ1n) is 6.88. The first kappa shape index (κ1) is 21.4. The van der Waals surface area contributed by atoms with Crippen LogP contribution in [0.4, 0.5) is 0 Å². The second-order valence-corrected chi connectivity index (χ2v) is 5.10. The van der Waals surface area contributed by atoms with Crippen LogP contribution in [-0.4, -0.2) is 24.1 Å². The topological polar surface area (TPSA) is 65.2 Å². The fraction of sp³-hybridized carbons (Fsp3) is 0.294. The summed E-state index contributed by atoms with van der Waals surface area (Å²) in [5, 5.41) is 0. The van der Waals surface area contributed by atoms with Gasteiger partial charge >= 0.3 is 5.97 Å². The second kappa shape index (κ2) is 9.50. The van der Waals surface area contributed by atoms with E-state index in [0.717, 1.165) is 16.8 Å². The number of pyridine rings is 1. The highest BCUT2D eigenvalue weighted by Gasteiger charge is 2.14. The number of aromatic nitrogens is 1. The predicted octanol–water partition coefficient (Wildman–Crippen LogP) is 3.25. The molecule has 0 aliphatic carbocycles. The number of ether oxygens (including phenoxy) is 1. The SMILES string of the molecule is COC(=O)[C@@H](N)Cc1ccc(-c2ccnc(C)c2C)cc1.Cl.Cl. The van der Waals surface area contributed by atoms with Crippen LogP contribution in [0.25, 0.3) is 11.1 Å². The van der Waals surface area contributed by atoms with Crippen LogP contribution in [0.3, 0.4) is 0 Å². The molecule has 0 bridgehead atoms. The number of nitrogens with zero attached hydrogens (tertiary/aromatic N) is 1. The quantitative estimate of drug-likeness (QED) is 0.853. The second-order valence-electron chi connectivity index (χ2n) is 5.10. The van der Waals surface area contributed by atoms with E-state index < -0.39 is 6.04 Å². The monoisotopic (exact) mass is 356 g/mol. The number of carbonyl (C=O) groups excluding carboxylic acids is 1. The molecule has 0 saturated heterocycles. The molecule has 1 aromatic heterocycles. The Labute approximate surface area is 149 Å². The lowest BCUT2D eigenvalue weighted by Gasteiger charge is -2.11. The molecule has 2 aromatic rings. The summed E-state index contributed by atoms with van der Waals surface area (Å²) < 4.78 is 4.64. The fourth-order valence-corrected chi connectivity index (χ4v) is 2.26. The summed E-state index contributed by atoms with van der Waals surface area (Å²) in [7, 11) is 1.35. The average molecular weight is 357 g/mol. The van der Waals surface area contributed by atoms with Crippen molar-refractivity contribution in [2.75, 3.05) is 7.11 Å². The van der Waals surface area contributed by atoms with Crippen molar-refractivity contribution in [2.24, 2.45) is 5.73 Å². The Morgan fingerprint density at radius 2 is 1.78 bits per heavy atom. The average Bonchev–Trinajstić information content (AvgIpc) is 2.50. The zero-order chi connectivity index (χ0) is 15.4. The van der Waals surface area contributed by atoms with Gasteiger partial charge < -0.3 is 10.5 Å². The van der Waals surface area contributed by atoms with Gasteiger partial charge in [-0.25, -0.2) is 0 Å². The van der Waals surface area contributed by atoms with Crippen molar-refractivity contribution in [1.82, 2.24) is 4.98 Å². The molecule has 0 aliphatic heterocycles. The summed E-state index contributed by atoms with van der Waals surface area (Å²) in [5.74, 6) is -0.389.